The van der Waals surface area contributed by atoms with Crippen LogP contribution in [0, 0.1) is 12.8 Å². The molecule has 1 N–H and O–H groups in total. The van der Waals surface area contributed by atoms with Crippen molar-refractivity contribution in [1.29, 1.82) is 0 Å². The van der Waals surface area contributed by atoms with Gasteiger partial charge in [-0.2, -0.15) is 5.10 Å². The molecule has 0 aliphatic rings. The topological polar surface area (TPSA) is 46.9 Å². The van der Waals surface area contributed by atoms with E-state index in [-0.39, 0.29) is 11.8 Å². The maximum atomic E-state index is 11.3. The molecule has 0 aliphatic heterocycles. The predicted octanol–water partition coefficient (Wildman–Crippen LogP) is 1.00. The number of nitrogens with one attached hydrogen (secondary N) is 1. The first-order chi connectivity index (χ1) is 6.50. The number of carbonyl (C=O) groups is 1. The van der Waals surface area contributed by atoms with Gasteiger partial charge in [0.2, 0.25) is 5.91 Å². The van der Waals surface area contributed by atoms with Crippen LogP contribution in [0.1, 0.15) is 25.1 Å². The minimum atomic E-state index is 0.0342. The van der Waals surface area contributed by atoms with Crippen LogP contribution >= 0.6 is 0 Å². The molecule has 0 bridgehead atoms. The molecule has 0 unspecified atom stereocenters. The SMILES string of the molecule is Cc1nn(C)cc1CNC(=O)C(C)C. The third-order valence-electron chi connectivity index (χ3n) is 2.09. The summed E-state index contributed by atoms with van der Waals surface area (Å²) in [5.74, 6) is 0.111. The normalized spacial score (nSPS) is 10.6. The Kier molecular flexibility index (Phi) is 3.28. The second-order valence-corrected chi connectivity index (χ2v) is 3.79. The van der Waals surface area contributed by atoms with Gasteiger partial charge < -0.3 is 5.32 Å². The average Bonchev–Trinajstić information content (AvgIpc) is 2.40. The number of aromatic nitrogens is 2. The summed E-state index contributed by atoms with van der Waals surface area (Å²) in [6, 6.07) is 0. The fourth-order valence-electron chi connectivity index (χ4n) is 1.21. The van der Waals surface area contributed by atoms with Crippen LogP contribution in [0.2, 0.25) is 0 Å². The lowest BCUT2D eigenvalue weighted by Crippen LogP contribution is -2.27. The van der Waals surface area contributed by atoms with Gasteiger partial charge >= 0.3 is 0 Å². The Morgan fingerprint density at radius 2 is 2.29 bits per heavy atom. The highest BCUT2D eigenvalue weighted by Gasteiger charge is 2.08. The summed E-state index contributed by atoms with van der Waals surface area (Å²) in [6.45, 7) is 6.27. The van der Waals surface area contributed by atoms with E-state index < -0.39 is 0 Å². The van der Waals surface area contributed by atoms with Crippen LogP contribution in [-0.4, -0.2) is 15.7 Å². The molecule has 0 fully saturated rings. The quantitative estimate of drug-likeness (QED) is 0.782. The van der Waals surface area contributed by atoms with Gasteiger partial charge in [-0.25, -0.2) is 0 Å². The van der Waals surface area contributed by atoms with E-state index in [2.05, 4.69) is 10.4 Å². The highest BCUT2D eigenvalue weighted by Crippen LogP contribution is 2.04. The van der Waals surface area contributed by atoms with Crippen molar-refractivity contribution in [2.24, 2.45) is 13.0 Å². The molecule has 0 atom stereocenters. The monoisotopic (exact) mass is 195 g/mol. The molecular weight excluding hydrogens is 178 g/mol. The molecular formula is C10H17N3O. The highest BCUT2D eigenvalue weighted by molar-refractivity contribution is 5.77. The molecule has 1 heterocycles. The fourth-order valence-corrected chi connectivity index (χ4v) is 1.21. The smallest absolute Gasteiger partial charge is 0.222 e. The Morgan fingerprint density at radius 1 is 1.64 bits per heavy atom. The highest BCUT2D eigenvalue weighted by atomic mass is 16.1. The molecule has 0 radical (unpaired) electrons. The molecule has 1 rings (SSSR count). The molecule has 0 saturated heterocycles. The van der Waals surface area contributed by atoms with Gasteiger partial charge in [0.1, 0.15) is 0 Å². The van der Waals surface area contributed by atoms with Gasteiger partial charge in [-0.1, -0.05) is 13.8 Å². The maximum absolute atomic E-state index is 11.3. The third-order valence-corrected chi connectivity index (χ3v) is 2.09. The zero-order chi connectivity index (χ0) is 10.7. The molecule has 1 amide bonds. The lowest BCUT2D eigenvalue weighted by atomic mass is 10.2. The minimum absolute atomic E-state index is 0.0342. The summed E-state index contributed by atoms with van der Waals surface area (Å²) in [5, 5.41) is 7.06. The van der Waals surface area contributed by atoms with Crippen molar-refractivity contribution in [1.82, 2.24) is 15.1 Å². The van der Waals surface area contributed by atoms with Gasteiger partial charge in [0.05, 0.1) is 5.69 Å². The Bertz CT molecular complexity index is 328. The van der Waals surface area contributed by atoms with Crippen LogP contribution in [0.25, 0.3) is 0 Å². The summed E-state index contributed by atoms with van der Waals surface area (Å²) in [6.07, 6.45) is 1.93. The lowest BCUT2D eigenvalue weighted by Gasteiger charge is -2.06. The van der Waals surface area contributed by atoms with Gasteiger partial charge in [-0.15, -0.1) is 0 Å². The Balaban J connectivity index is 2.54. The molecule has 14 heavy (non-hydrogen) atoms. The largest absolute Gasteiger partial charge is 0.352 e. The molecule has 0 spiro atoms. The Hall–Kier alpha value is -1.32. The van der Waals surface area contributed by atoms with Crippen molar-refractivity contribution < 1.29 is 4.79 Å². The van der Waals surface area contributed by atoms with Gasteiger partial charge in [-0.3, -0.25) is 9.48 Å². The zero-order valence-electron chi connectivity index (χ0n) is 9.16. The second-order valence-electron chi connectivity index (χ2n) is 3.79. The number of hydrogen-bond donors (Lipinski definition) is 1. The van der Waals surface area contributed by atoms with E-state index >= 15 is 0 Å². The van der Waals surface area contributed by atoms with E-state index in [9.17, 15) is 4.79 Å². The molecule has 0 saturated carbocycles. The van der Waals surface area contributed by atoms with Crippen LogP contribution in [-0.2, 0) is 18.4 Å². The van der Waals surface area contributed by atoms with Crippen molar-refractivity contribution in [2.75, 3.05) is 0 Å². The average molecular weight is 195 g/mol. The first-order valence-corrected chi connectivity index (χ1v) is 4.77. The predicted molar refractivity (Wildman–Crippen MR) is 54.6 cm³/mol. The number of amides is 1. The molecule has 4 nitrogen and oxygen atoms in total. The Labute approximate surface area is 84.3 Å². The number of aryl methyl sites for hydroxylation is 2. The van der Waals surface area contributed by atoms with Gasteiger partial charge in [0, 0.05) is 31.3 Å². The van der Waals surface area contributed by atoms with Gasteiger partial charge in [0.15, 0.2) is 0 Å². The number of hydrogen-bond acceptors (Lipinski definition) is 2. The number of nitrogens with zero attached hydrogens (tertiary/aromatic N) is 2. The molecule has 0 aromatic carbocycles. The number of carbonyl (C=O) groups excluding carboxylic acids is 1. The van der Waals surface area contributed by atoms with E-state index in [1.54, 1.807) is 4.68 Å². The van der Waals surface area contributed by atoms with E-state index in [0.29, 0.717) is 6.54 Å². The van der Waals surface area contributed by atoms with E-state index in [0.717, 1.165) is 11.3 Å². The Morgan fingerprint density at radius 3 is 2.71 bits per heavy atom. The van der Waals surface area contributed by atoms with Gasteiger partial charge in [-0.05, 0) is 6.92 Å². The van der Waals surface area contributed by atoms with E-state index in [4.69, 9.17) is 0 Å². The van der Waals surface area contributed by atoms with Crippen molar-refractivity contribution in [3.05, 3.63) is 17.5 Å². The summed E-state index contributed by atoms with van der Waals surface area (Å²) >= 11 is 0. The van der Waals surface area contributed by atoms with Crippen LogP contribution in [0.3, 0.4) is 0 Å². The first kappa shape index (κ1) is 10.8. The summed E-state index contributed by atoms with van der Waals surface area (Å²) < 4.78 is 1.76. The van der Waals surface area contributed by atoms with Crippen LogP contribution < -0.4 is 5.32 Å². The van der Waals surface area contributed by atoms with Crippen LogP contribution in [0.4, 0.5) is 0 Å². The summed E-state index contributed by atoms with van der Waals surface area (Å²) in [5.41, 5.74) is 2.04. The lowest BCUT2D eigenvalue weighted by molar-refractivity contribution is -0.124. The summed E-state index contributed by atoms with van der Waals surface area (Å²) in [7, 11) is 1.88. The van der Waals surface area contributed by atoms with Crippen molar-refractivity contribution >= 4 is 5.91 Å². The second kappa shape index (κ2) is 4.26. The fraction of sp³-hybridized carbons (Fsp3) is 0.600. The molecule has 4 heteroatoms. The standard InChI is InChI=1S/C10H17N3O/c1-7(2)10(14)11-5-9-6-13(4)12-8(9)3/h6-7H,5H2,1-4H3,(H,11,14). The van der Waals surface area contributed by atoms with E-state index in [1.807, 2.05) is 34.0 Å². The molecule has 1 aromatic heterocycles. The van der Waals surface area contributed by atoms with Crippen LogP contribution in [0.5, 0.6) is 0 Å². The molecule has 78 valence electrons. The van der Waals surface area contributed by atoms with E-state index in [1.165, 1.54) is 0 Å². The maximum Gasteiger partial charge on any atom is 0.222 e. The third kappa shape index (κ3) is 2.58. The first-order valence-electron chi connectivity index (χ1n) is 4.77. The zero-order valence-corrected chi connectivity index (χ0v) is 9.16. The van der Waals surface area contributed by atoms with Gasteiger partial charge in [0.25, 0.3) is 0 Å². The van der Waals surface area contributed by atoms with Crippen LogP contribution in [0.15, 0.2) is 6.20 Å². The van der Waals surface area contributed by atoms with Crippen molar-refractivity contribution in [3.8, 4) is 0 Å². The number of rotatable bonds is 3. The molecule has 0 aliphatic carbocycles. The minimum Gasteiger partial charge on any atom is -0.352 e. The van der Waals surface area contributed by atoms with Crippen molar-refractivity contribution in [2.45, 2.75) is 27.3 Å². The summed E-state index contributed by atoms with van der Waals surface area (Å²) in [4.78, 5) is 11.3. The molecule has 1 aromatic rings. The van der Waals surface area contributed by atoms with Crippen molar-refractivity contribution in [3.63, 3.8) is 0 Å².